The van der Waals surface area contributed by atoms with Gasteiger partial charge in [-0.05, 0) is 29.7 Å². The van der Waals surface area contributed by atoms with Gasteiger partial charge in [0.2, 0.25) is 0 Å². The number of benzene rings is 2. The van der Waals surface area contributed by atoms with Crippen LogP contribution in [0.4, 0.5) is 0 Å². The predicted octanol–water partition coefficient (Wildman–Crippen LogP) is 3.29. The number of rotatable bonds is 7. The van der Waals surface area contributed by atoms with E-state index < -0.39 is 21.2 Å². The van der Waals surface area contributed by atoms with Gasteiger partial charge in [-0.15, -0.1) is 0 Å². The molecule has 0 aromatic heterocycles. The molecule has 1 N–H and O–H groups in total. The smallest absolute Gasteiger partial charge is 0.160 e. The summed E-state index contributed by atoms with van der Waals surface area (Å²) in [6.07, 6.45) is -0.607. The van der Waals surface area contributed by atoms with E-state index in [0.29, 0.717) is 17.7 Å². The van der Waals surface area contributed by atoms with E-state index in [0.717, 1.165) is 5.56 Å². The van der Waals surface area contributed by atoms with E-state index in [1.807, 2.05) is 37.3 Å². The van der Waals surface area contributed by atoms with Gasteiger partial charge in [-0.1, -0.05) is 49.4 Å². The zero-order chi connectivity index (χ0) is 16.9. The second-order valence-electron chi connectivity index (χ2n) is 5.43. The van der Waals surface area contributed by atoms with Gasteiger partial charge in [-0.3, -0.25) is 0 Å². The third-order valence-corrected chi connectivity index (χ3v) is 6.10. The average Bonchev–Trinajstić information content (AvgIpc) is 2.56. The zero-order valence-corrected chi connectivity index (χ0v) is 14.2. The van der Waals surface area contributed by atoms with Crippen molar-refractivity contribution in [3.63, 3.8) is 0 Å². The van der Waals surface area contributed by atoms with Crippen LogP contribution < -0.4 is 4.74 Å². The van der Waals surface area contributed by atoms with Crippen LogP contribution in [0.2, 0.25) is 0 Å². The standard InChI is InChI=1S/C18H22O4S/c1-3-18(14-8-5-4-6-9-14)23(20,21)13-17(19)15-10-7-11-16(12-15)22-2/h4-12,17-19H,3,13H2,1-2H3. The maximum atomic E-state index is 12.7. The highest BCUT2D eigenvalue weighted by Crippen LogP contribution is 2.30. The Kier molecular flexibility index (Phi) is 5.80. The first-order valence-corrected chi connectivity index (χ1v) is 9.28. The van der Waals surface area contributed by atoms with Crippen molar-refractivity contribution in [1.29, 1.82) is 0 Å². The molecule has 0 saturated heterocycles. The van der Waals surface area contributed by atoms with Crippen LogP contribution in [-0.2, 0) is 9.84 Å². The Balaban J connectivity index is 2.22. The molecule has 0 fully saturated rings. The maximum Gasteiger partial charge on any atom is 0.160 e. The molecule has 0 aliphatic carbocycles. The van der Waals surface area contributed by atoms with Gasteiger partial charge in [0.25, 0.3) is 0 Å². The molecule has 2 unspecified atom stereocenters. The lowest BCUT2D eigenvalue weighted by molar-refractivity contribution is 0.201. The van der Waals surface area contributed by atoms with Gasteiger partial charge in [0.15, 0.2) is 9.84 Å². The van der Waals surface area contributed by atoms with E-state index in [-0.39, 0.29) is 5.75 Å². The SMILES string of the molecule is CCC(c1ccccc1)S(=O)(=O)CC(O)c1cccc(OC)c1. The minimum absolute atomic E-state index is 0.312. The van der Waals surface area contributed by atoms with Crippen molar-refractivity contribution in [2.45, 2.75) is 24.7 Å². The third kappa shape index (κ3) is 4.33. The highest BCUT2D eigenvalue weighted by Gasteiger charge is 2.28. The van der Waals surface area contributed by atoms with E-state index in [1.54, 1.807) is 24.3 Å². The van der Waals surface area contributed by atoms with Gasteiger partial charge in [-0.25, -0.2) is 8.42 Å². The first kappa shape index (κ1) is 17.5. The number of hydrogen-bond acceptors (Lipinski definition) is 4. The summed E-state index contributed by atoms with van der Waals surface area (Å²) < 4.78 is 30.5. The van der Waals surface area contributed by atoms with Crippen LogP contribution in [0, 0.1) is 0 Å². The highest BCUT2D eigenvalue weighted by molar-refractivity contribution is 7.91. The molecule has 2 aromatic rings. The lowest BCUT2D eigenvalue weighted by atomic mass is 10.1. The van der Waals surface area contributed by atoms with Crippen molar-refractivity contribution >= 4 is 9.84 Å². The second-order valence-corrected chi connectivity index (χ2v) is 7.66. The van der Waals surface area contributed by atoms with E-state index in [4.69, 9.17) is 4.74 Å². The van der Waals surface area contributed by atoms with Gasteiger partial charge in [0, 0.05) is 0 Å². The molecule has 2 rings (SSSR count). The normalized spacial score (nSPS) is 14.2. The number of ether oxygens (including phenoxy) is 1. The Morgan fingerprint density at radius 1 is 1.04 bits per heavy atom. The van der Waals surface area contributed by atoms with Crippen LogP contribution in [0.25, 0.3) is 0 Å². The molecule has 0 heterocycles. The Bertz CT molecular complexity index is 726. The number of methoxy groups -OCH3 is 1. The highest BCUT2D eigenvalue weighted by atomic mass is 32.2. The molecule has 2 aromatic carbocycles. The summed E-state index contributed by atoms with van der Waals surface area (Å²) in [5.74, 6) is 0.280. The minimum Gasteiger partial charge on any atom is -0.497 e. The quantitative estimate of drug-likeness (QED) is 0.844. The van der Waals surface area contributed by atoms with Crippen molar-refractivity contribution < 1.29 is 18.3 Å². The topological polar surface area (TPSA) is 63.6 Å². The molecule has 0 spiro atoms. The van der Waals surface area contributed by atoms with Crippen LogP contribution in [0.5, 0.6) is 5.75 Å². The summed E-state index contributed by atoms with van der Waals surface area (Å²) in [6, 6.07) is 16.0. The van der Waals surface area contributed by atoms with Crippen molar-refractivity contribution in [2.75, 3.05) is 12.9 Å². The minimum atomic E-state index is -3.48. The molecule has 5 heteroatoms. The Morgan fingerprint density at radius 2 is 1.70 bits per heavy atom. The summed E-state index contributed by atoms with van der Waals surface area (Å²) in [5.41, 5.74) is 1.30. The number of aliphatic hydroxyl groups is 1. The predicted molar refractivity (Wildman–Crippen MR) is 91.2 cm³/mol. The average molecular weight is 334 g/mol. The molecule has 0 bridgehead atoms. The largest absolute Gasteiger partial charge is 0.497 e. The molecule has 2 atom stereocenters. The van der Waals surface area contributed by atoms with Crippen LogP contribution in [0.1, 0.15) is 35.8 Å². The Morgan fingerprint density at radius 3 is 2.30 bits per heavy atom. The van der Waals surface area contributed by atoms with Gasteiger partial charge >= 0.3 is 0 Å². The maximum absolute atomic E-state index is 12.7. The molecule has 0 aliphatic heterocycles. The van der Waals surface area contributed by atoms with E-state index in [9.17, 15) is 13.5 Å². The van der Waals surface area contributed by atoms with Gasteiger partial charge in [0.05, 0.1) is 24.2 Å². The van der Waals surface area contributed by atoms with E-state index in [1.165, 1.54) is 7.11 Å². The number of sulfone groups is 1. The van der Waals surface area contributed by atoms with Gasteiger partial charge in [0.1, 0.15) is 5.75 Å². The van der Waals surface area contributed by atoms with Crippen molar-refractivity contribution in [3.8, 4) is 5.75 Å². The van der Waals surface area contributed by atoms with Crippen LogP contribution in [0.3, 0.4) is 0 Å². The second kappa shape index (κ2) is 7.62. The summed E-state index contributed by atoms with van der Waals surface area (Å²) in [4.78, 5) is 0. The van der Waals surface area contributed by atoms with Crippen molar-refractivity contribution in [1.82, 2.24) is 0 Å². The lowest BCUT2D eigenvalue weighted by Gasteiger charge is -2.19. The Hall–Kier alpha value is -1.85. The lowest BCUT2D eigenvalue weighted by Crippen LogP contribution is -2.21. The van der Waals surface area contributed by atoms with Crippen molar-refractivity contribution in [3.05, 3.63) is 65.7 Å². The number of hydrogen-bond donors (Lipinski definition) is 1. The first-order valence-electron chi connectivity index (χ1n) is 7.56. The molecule has 0 amide bonds. The monoisotopic (exact) mass is 334 g/mol. The van der Waals surface area contributed by atoms with E-state index >= 15 is 0 Å². The molecule has 23 heavy (non-hydrogen) atoms. The van der Waals surface area contributed by atoms with Gasteiger partial charge < -0.3 is 9.84 Å². The fourth-order valence-electron chi connectivity index (χ4n) is 2.65. The zero-order valence-electron chi connectivity index (χ0n) is 13.3. The Labute approximate surface area is 137 Å². The molecule has 124 valence electrons. The molecule has 4 nitrogen and oxygen atoms in total. The van der Waals surface area contributed by atoms with Gasteiger partial charge in [-0.2, -0.15) is 0 Å². The molecule has 0 radical (unpaired) electrons. The van der Waals surface area contributed by atoms with E-state index in [2.05, 4.69) is 0 Å². The molecule has 0 saturated carbocycles. The molecular formula is C18H22O4S. The van der Waals surface area contributed by atoms with Crippen molar-refractivity contribution in [2.24, 2.45) is 0 Å². The summed E-state index contributed by atoms with van der Waals surface area (Å²) in [7, 11) is -1.95. The number of aliphatic hydroxyl groups excluding tert-OH is 1. The summed E-state index contributed by atoms with van der Waals surface area (Å²) >= 11 is 0. The summed E-state index contributed by atoms with van der Waals surface area (Å²) in [6.45, 7) is 1.84. The fourth-order valence-corrected chi connectivity index (χ4v) is 4.59. The van der Waals surface area contributed by atoms with Crippen LogP contribution >= 0.6 is 0 Å². The van der Waals surface area contributed by atoms with Crippen LogP contribution in [-0.4, -0.2) is 26.4 Å². The summed E-state index contributed by atoms with van der Waals surface area (Å²) in [5, 5.41) is 9.73. The molecular weight excluding hydrogens is 312 g/mol. The first-order chi connectivity index (χ1) is 11.0. The fraction of sp³-hybridized carbons (Fsp3) is 0.333. The third-order valence-electron chi connectivity index (χ3n) is 3.84. The molecule has 0 aliphatic rings. The van der Waals surface area contributed by atoms with Crippen LogP contribution in [0.15, 0.2) is 54.6 Å².